The Bertz CT molecular complexity index is 1120. The summed E-state index contributed by atoms with van der Waals surface area (Å²) < 4.78 is 42.4. The molecule has 8 heteroatoms. The van der Waals surface area contributed by atoms with E-state index in [9.17, 15) is 18.0 Å². The van der Waals surface area contributed by atoms with Gasteiger partial charge >= 0.3 is 6.36 Å². The first-order valence-corrected chi connectivity index (χ1v) is 7.52. The summed E-state index contributed by atoms with van der Waals surface area (Å²) in [6.45, 7) is 0. The second-order valence-electron chi connectivity index (χ2n) is 5.54. The molecule has 0 radical (unpaired) electrons. The zero-order valence-electron chi connectivity index (χ0n) is 13.1. The molecule has 0 aliphatic rings. The van der Waals surface area contributed by atoms with Crippen LogP contribution in [0.3, 0.4) is 0 Å². The summed E-state index contributed by atoms with van der Waals surface area (Å²) in [5, 5.41) is 1.61. The normalized spacial score (nSPS) is 11.8. The number of carbonyl (C=O) groups excluding carboxylic acids is 1. The maximum Gasteiger partial charge on any atom is 0.573 e. The number of imidazole rings is 1. The smallest absolute Gasteiger partial charge is 0.406 e. The molecule has 0 fully saturated rings. The minimum absolute atomic E-state index is 0.290. The van der Waals surface area contributed by atoms with Crippen LogP contribution in [0.1, 0.15) is 10.5 Å². The Kier molecular flexibility index (Phi) is 3.61. The van der Waals surface area contributed by atoms with Crippen LogP contribution in [-0.4, -0.2) is 27.2 Å². The minimum atomic E-state index is -4.73. The topological polar surface area (TPSA) is 57.0 Å². The summed E-state index contributed by atoms with van der Waals surface area (Å²) >= 11 is 0. The van der Waals surface area contributed by atoms with E-state index < -0.39 is 6.36 Å². The number of hydrogen-bond acceptors (Lipinski definition) is 4. The SMILES string of the molecule is O=Cc1cc2ccc3c(ncn3-c3ccc(OC(F)(F)F)cc3)c2cn1. The first kappa shape index (κ1) is 16.1. The summed E-state index contributed by atoms with van der Waals surface area (Å²) in [7, 11) is 0. The Labute approximate surface area is 144 Å². The molecule has 5 nitrogen and oxygen atoms in total. The van der Waals surface area contributed by atoms with Crippen molar-refractivity contribution in [1.29, 1.82) is 0 Å². The number of ether oxygens (including phenoxy) is 1. The van der Waals surface area contributed by atoms with Crippen molar-refractivity contribution in [2.24, 2.45) is 0 Å². The number of nitrogens with zero attached hydrogens (tertiary/aromatic N) is 3. The van der Waals surface area contributed by atoms with Gasteiger partial charge in [0.05, 0.1) is 11.0 Å². The molecular weight excluding hydrogens is 347 g/mol. The molecule has 0 aliphatic heterocycles. The van der Waals surface area contributed by atoms with Crippen LogP contribution >= 0.6 is 0 Å². The molecule has 0 unspecified atom stereocenters. The largest absolute Gasteiger partial charge is 0.573 e. The van der Waals surface area contributed by atoms with Crippen LogP contribution in [0.25, 0.3) is 27.5 Å². The first-order valence-electron chi connectivity index (χ1n) is 7.52. The van der Waals surface area contributed by atoms with Crippen LogP contribution in [0.5, 0.6) is 5.75 Å². The van der Waals surface area contributed by atoms with Gasteiger partial charge in [0.25, 0.3) is 0 Å². The van der Waals surface area contributed by atoms with Crippen LogP contribution < -0.4 is 4.74 Å². The standard InChI is InChI=1S/C18H10F3N3O2/c19-18(20,21)26-14-4-2-13(3-5-14)24-10-23-17-15-8-22-12(9-25)7-11(15)1-6-16(17)24/h1-10H. The Hall–Kier alpha value is -3.42. The van der Waals surface area contributed by atoms with E-state index in [1.807, 2.05) is 12.1 Å². The molecule has 26 heavy (non-hydrogen) atoms. The highest BCUT2D eigenvalue weighted by atomic mass is 19.4. The fourth-order valence-electron chi connectivity index (χ4n) is 2.80. The lowest BCUT2D eigenvalue weighted by atomic mass is 10.1. The van der Waals surface area contributed by atoms with Crippen LogP contribution in [0.15, 0.2) is 55.0 Å². The summed E-state index contributed by atoms with van der Waals surface area (Å²) in [5.74, 6) is -0.290. The van der Waals surface area contributed by atoms with Crippen molar-refractivity contribution in [3.8, 4) is 11.4 Å². The van der Waals surface area contributed by atoms with Gasteiger partial charge in [-0.2, -0.15) is 0 Å². The monoisotopic (exact) mass is 357 g/mol. The lowest BCUT2D eigenvalue weighted by Gasteiger charge is -2.10. The van der Waals surface area contributed by atoms with Gasteiger partial charge in [0.15, 0.2) is 6.29 Å². The molecule has 0 spiro atoms. The Balaban J connectivity index is 1.77. The maximum absolute atomic E-state index is 12.3. The molecule has 4 rings (SSSR count). The zero-order valence-corrected chi connectivity index (χ0v) is 13.1. The first-order chi connectivity index (χ1) is 12.4. The second-order valence-corrected chi connectivity index (χ2v) is 5.54. The van der Waals surface area contributed by atoms with Crippen LogP contribution in [-0.2, 0) is 0 Å². The molecule has 0 bridgehead atoms. The average Bonchev–Trinajstić information content (AvgIpc) is 3.05. The Morgan fingerprint density at radius 3 is 2.50 bits per heavy atom. The van der Waals surface area contributed by atoms with Crippen molar-refractivity contribution in [2.75, 3.05) is 0 Å². The third-order valence-electron chi connectivity index (χ3n) is 3.91. The van der Waals surface area contributed by atoms with Gasteiger partial charge in [0.1, 0.15) is 17.8 Å². The van der Waals surface area contributed by atoms with Gasteiger partial charge in [-0.1, -0.05) is 6.07 Å². The van der Waals surface area contributed by atoms with E-state index in [0.717, 1.165) is 16.3 Å². The number of fused-ring (bicyclic) bond motifs is 3. The summed E-state index contributed by atoms with van der Waals surface area (Å²) in [4.78, 5) is 19.3. The van der Waals surface area contributed by atoms with Gasteiger partial charge in [0.2, 0.25) is 0 Å². The number of pyridine rings is 1. The Morgan fingerprint density at radius 2 is 1.81 bits per heavy atom. The number of hydrogen-bond donors (Lipinski definition) is 0. The van der Waals surface area contributed by atoms with E-state index in [-0.39, 0.29) is 5.75 Å². The van der Waals surface area contributed by atoms with Crippen LogP contribution in [0.4, 0.5) is 13.2 Å². The van der Waals surface area contributed by atoms with Crippen molar-refractivity contribution >= 4 is 28.1 Å². The van der Waals surface area contributed by atoms with E-state index in [1.54, 1.807) is 23.2 Å². The fourth-order valence-corrected chi connectivity index (χ4v) is 2.80. The number of benzene rings is 2. The second kappa shape index (κ2) is 5.83. The molecule has 4 aromatic rings. The van der Waals surface area contributed by atoms with E-state index in [4.69, 9.17) is 0 Å². The number of rotatable bonds is 3. The number of halogens is 3. The third-order valence-corrected chi connectivity index (χ3v) is 3.91. The lowest BCUT2D eigenvalue weighted by molar-refractivity contribution is -0.274. The highest BCUT2D eigenvalue weighted by Gasteiger charge is 2.31. The van der Waals surface area contributed by atoms with E-state index in [2.05, 4.69) is 14.7 Å². The molecule has 0 atom stereocenters. The van der Waals surface area contributed by atoms with E-state index in [0.29, 0.717) is 23.2 Å². The van der Waals surface area contributed by atoms with Gasteiger partial charge in [-0.3, -0.25) is 14.3 Å². The molecule has 0 saturated carbocycles. The van der Waals surface area contributed by atoms with Crippen molar-refractivity contribution in [2.45, 2.75) is 6.36 Å². The summed E-state index contributed by atoms with van der Waals surface area (Å²) in [6.07, 6.45) is -0.890. The number of alkyl halides is 3. The minimum Gasteiger partial charge on any atom is -0.406 e. The molecule has 2 aromatic heterocycles. The van der Waals surface area contributed by atoms with E-state index in [1.165, 1.54) is 24.3 Å². The van der Waals surface area contributed by atoms with Crippen molar-refractivity contribution in [3.05, 3.63) is 60.7 Å². The molecule has 2 aromatic carbocycles. The van der Waals surface area contributed by atoms with Crippen molar-refractivity contribution in [3.63, 3.8) is 0 Å². The Morgan fingerprint density at radius 1 is 1.04 bits per heavy atom. The predicted molar refractivity (Wildman–Crippen MR) is 88.4 cm³/mol. The van der Waals surface area contributed by atoms with Gasteiger partial charge < -0.3 is 4.74 Å². The highest BCUT2D eigenvalue weighted by Crippen LogP contribution is 2.28. The zero-order chi connectivity index (χ0) is 18.3. The third kappa shape index (κ3) is 2.85. The molecule has 0 saturated heterocycles. The van der Waals surface area contributed by atoms with Crippen molar-refractivity contribution in [1.82, 2.24) is 14.5 Å². The molecule has 0 amide bonds. The fraction of sp³-hybridized carbons (Fsp3) is 0.0556. The summed E-state index contributed by atoms with van der Waals surface area (Å²) in [6, 6.07) is 10.9. The number of aromatic nitrogens is 3. The molecular formula is C18H10F3N3O2. The van der Waals surface area contributed by atoms with Gasteiger partial charge in [0, 0.05) is 17.3 Å². The highest BCUT2D eigenvalue weighted by molar-refractivity contribution is 6.05. The van der Waals surface area contributed by atoms with Gasteiger partial charge in [-0.15, -0.1) is 13.2 Å². The average molecular weight is 357 g/mol. The van der Waals surface area contributed by atoms with Crippen molar-refractivity contribution < 1.29 is 22.7 Å². The van der Waals surface area contributed by atoms with Crippen LogP contribution in [0.2, 0.25) is 0 Å². The number of aldehydes is 1. The van der Waals surface area contributed by atoms with E-state index >= 15 is 0 Å². The molecule has 130 valence electrons. The van der Waals surface area contributed by atoms with Crippen LogP contribution in [0, 0.1) is 0 Å². The molecule has 0 aliphatic carbocycles. The van der Waals surface area contributed by atoms with Gasteiger partial charge in [-0.05, 0) is 41.8 Å². The molecule has 2 heterocycles. The molecule has 0 N–H and O–H groups in total. The number of carbonyl (C=O) groups is 1. The maximum atomic E-state index is 12.3. The summed E-state index contributed by atoms with van der Waals surface area (Å²) in [5.41, 5.74) is 2.42. The lowest BCUT2D eigenvalue weighted by Crippen LogP contribution is -2.17. The predicted octanol–water partition coefficient (Wildman–Crippen LogP) is 4.28. The van der Waals surface area contributed by atoms with Gasteiger partial charge in [-0.25, -0.2) is 4.98 Å². The quantitative estimate of drug-likeness (QED) is 0.514.